The molecule has 1 aromatic rings. The zero-order valence-electron chi connectivity index (χ0n) is 9.93. The number of nitrogens with zero attached hydrogens (tertiary/aromatic N) is 4. The van der Waals surface area contributed by atoms with Crippen molar-refractivity contribution >= 4 is 22.4 Å². The van der Waals surface area contributed by atoms with Gasteiger partial charge < -0.3 is 9.80 Å². The molecule has 0 N–H and O–H groups in total. The molecule has 3 rings (SSSR count). The predicted octanol–water partition coefficient (Wildman–Crippen LogP) is 0.905. The molecule has 17 heavy (non-hydrogen) atoms. The maximum Gasteiger partial charge on any atom is 0.229 e. The van der Waals surface area contributed by atoms with E-state index in [-0.39, 0.29) is 5.92 Å². The Morgan fingerprint density at radius 2 is 2.00 bits per heavy atom. The lowest BCUT2D eigenvalue weighted by atomic mass is 9.99. The fraction of sp³-hybridized carbons (Fsp3) is 0.727. The van der Waals surface area contributed by atoms with Gasteiger partial charge in [-0.2, -0.15) is 0 Å². The van der Waals surface area contributed by atoms with Gasteiger partial charge in [-0.15, -0.1) is 10.2 Å². The third kappa shape index (κ3) is 2.01. The van der Waals surface area contributed by atoms with E-state index in [2.05, 4.69) is 15.1 Å². The normalized spacial score (nSPS) is 20.8. The van der Waals surface area contributed by atoms with Crippen molar-refractivity contribution in [2.75, 3.05) is 31.1 Å². The number of rotatable bonds is 2. The van der Waals surface area contributed by atoms with Gasteiger partial charge in [-0.25, -0.2) is 0 Å². The summed E-state index contributed by atoms with van der Waals surface area (Å²) in [6.45, 7) is 5.47. The molecule has 0 atom stereocenters. The third-order valence-electron chi connectivity index (χ3n) is 3.43. The standard InChI is InChI=1S/C11H16N4OS/c1-8-12-13-11(17-8)15-6-9(7-15)10(16)14-4-2-3-5-14/h9H,2-7H2,1H3. The van der Waals surface area contributed by atoms with E-state index in [9.17, 15) is 4.79 Å². The molecule has 3 heterocycles. The van der Waals surface area contributed by atoms with E-state index >= 15 is 0 Å². The van der Waals surface area contributed by atoms with E-state index in [0.717, 1.165) is 49.2 Å². The molecular formula is C11H16N4OS. The van der Waals surface area contributed by atoms with Crippen molar-refractivity contribution in [2.24, 2.45) is 5.92 Å². The van der Waals surface area contributed by atoms with Crippen LogP contribution in [-0.4, -0.2) is 47.2 Å². The molecule has 2 aliphatic rings. The molecule has 6 heteroatoms. The minimum atomic E-state index is 0.178. The van der Waals surface area contributed by atoms with Crippen LogP contribution < -0.4 is 4.90 Å². The van der Waals surface area contributed by atoms with Gasteiger partial charge in [0, 0.05) is 26.2 Å². The number of hydrogen-bond acceptors (Lipinski definition) is 5. The van der Waals surface area contributed by atoms with Gasteiger partial charge in [-0.3, -0.25) is 4.79 Å². The van der Waals surface area contributed by atoms with Gasteiger partial charge in [0.15, 0.2) is 0 Å². The van der Waals surface area contributed by atoms with E-state index in [1.807, 2.05) is 11.8 Å². The fourth-order valence-electron chi connectivity index (χ4n) is 2.40. The van der Waals surface area contributed by atoms with Crippen molar-refractivity contribution in [3.8, 4) is 0 Å². The maximum absolute atomic E-state index is 12.1. The molecule has 0 unspecified atom stereocenters. The van der Waals surface area contributed by atoms with E-state index in [4.69, 9.17) is 0 Å². The molecule has 1 aromatic heterocycles. The first kappa shape index (κ1) is 11.0. The SMILES string of the molecule is Cc1nnc(N2CC(C(=O)N3CCCC3)C2)s1. The second-order valence-electron chi connectivity index (χ2n) is 4.74. The highest BCUT2D eigenvalue weighted by molar-refractivity contribution is 7.15. The van der Waals surface area contributed by atoms with Gasteiger partial charge >= 0.3 is 0 Å². The Hall–Kier alpha value is -1.17. The number of amides is 1. The molecule has 0 saturated carbocycles. The third-order valence-corrected chi connectivity index (χ3v) is 4.33. The van der Waals surface area contributed by atoms with E-state index in [1.54, 1.807) is 11.3 Å². The Labute approximate surface area is 104 Å². The van der Waals surface area contributed by atoms with Crippen LogP contribution in [0.3, 0.4) is 0 Å². The summed E-state index contributed by atoms with van der Waals surface area (Å²) >= 11 is 1.60. The number of carbonyl (C=O) groups is 1. The molecule has 0 bridgehead atoms. The first-order chi connectivity index (χ1) is 8.24. The number of likely N-dealkylation sites (tertiary alicyclic amines) is 1. The van der Waals surface area contributed by atoms with Gasteiger partial charge in [0.05, 0.1) is 5.92 Å². The van der Waals surface area contributed by atoms with Crippen LogP contribution in [-0.2, 0) is 4.79 Å². The van der Waals surface area contributed by atoms with Crippen LogP contribution in [0, 0.1) is 12.8 Å². The van der Waals surface area contributed by atoms with Gasteiger partial charge in [0.2, 0.25) is 11.0 Å². The topological polar surface area (TPSA) is 49.3 Å². The summed E-state index contributed by atoms with van der Waals surface area (Å²) in [5.74, 6) is 0.511. The second kappa shape index (κ2) is 4.25. The van der Waals surface area contributed by atoms with E-state index < -0.39 is 0 Å². The average Bonchev–Trinajstić information content (AvgIpc) is 2.86. The first-order valence-corrected chi connectivity index (χ1v) is 6.89. The lowest BCUT2D eigenvalue weighted by Gasteiger charge is -2.39. The molecule has 0 spiro atoms. The monoisotopic (exact) mass is 252 g/mol. The van der Waals surface area contributed by atoms with Crippen molar-refractivity contribution in [1.29, 1.82) is 0 Å². The zero-order chi connectivity index (χ0) is 11.8. The number of anilines is 1. The maximum atomic E-state index is 12.1. The quantitative estimate of drug-likeness (QED) is 0.785. The van der Waals surface area contributed by atoms with Gasteiger partial charge in [0.25, 0.3) is 0 Å². The van der Waals surface area contributed by atoms with Crippen LogP contribution in [0.2, 0.25) is 0 Å². The molecule has 0 aliphatic carbocycles. The Kier molecular flexibility index (Phi) is 2.74. The summed E-state index contributed by atoms with van der Waals surface area (Å²) in [5, 5.41) is 10.0. The number of aryl methyl sites for hydroxylation is 1. The summed E-state index contributed by atoms with van der Waals surface area (Å²) in [6.07, 6.45) is 2.33. The summed E-state index contributed by atoms with van der Waals surface area (Å²) < 4.78 is 0. The lowest BCUT2D eigenvalue weighted by molar-refractivity contribution is -0.135. The van der Waals surface area contributed by atoms with Crippen molar-refractivity contribution in [1.82, 2.24) is 15.1 Å². The molecule has 1 amide bonds. The van der Waals surface area contributed by atoms with Crippen LogP contribution in [0.15, 0.2) is 0 Å². The van der Waals surface area contributed by atoms with Crippen LogP contribution >= 0.6 is 11.3 Å². The Balaban J connectivity index is 1.55. The fourth-order valence-corrected chi connectivity index (χ4v) is 3.11. The summed E-state index contributed by atoms with van der Waals surface area (Å²) in [4.78, 5) is 16.2. The van der Waals surface area contributed by atoms with Crippen molar-refractivity contribution < 1.29 is 4.79 Å². The summed E-state index contributed by atoms with van der Waals surface area (Å²) in [7, 11) is 0. The predicted molar refractivity (Wildman–Crippen MR) is 66.2 cm³/mol. The molecule has 2 saturated heterocycles. The van der Waals surface area contributed by atoms with E-state index in [1.165, 1.54) is 0 Å². The van der Waals surface area contributed by atoms with Crippen molar-refractivity contribution in [3.63, 3.8) is 0 Å². The zero-order valence-corrected chi connectivity index (χ0v) is 10.7. The van der Waals surface area contributed by atoms with Gasteiger partial charge in [-0.05, 0) is 19.8 Å². The van der Waals surface area contributed by atoms with Crippen molar-refractivity contribution in [2.45, 2.75) is 19.8 Å². The highest BCUT2D eigenvalue weighted by Crippen LogP contribution is 2.28. The smallest absolute Gasteiger partial charge is 0.229 e. The molecule has 0 radical (unpaired) electrons. The molecule has 2 aliphatic heterocycles. The minimum Gasteiger partial charge on any atom is -0.345 e. The number of hydrogen-bond donors (Lipinski definition) is 0. The number of carbonyl (C=O) groups excluding carboxylic acids is 1. The molecule has 5 nitrogen and oxygen atoms in total. The highest BCUT2D eigenvalue weighted by Gasteiger charge is 2.37. The second-order valence-corrected chi connectivity index (χ2v) is 5.90. The molecule has 0 aromatic carbocycles. The Bertz CT molecular complexity index is 421. The van der Waals surface area contributed by atoms with Crippen LogP contribution in [0.1, 0.15) is 17.8 Å². The lowest BCUT2D eigenvalue weighted by Crippen LogP contribution is -2.54. The van der Waals surface area contributed by atoms with E-state index in [0.29, 0.717) is 5.91 Å². The van der Waals surface area contributed by atoms with Gasteiger partial charge in [0.1, 0.15) is 5.01 Å². The van der Waals surface area contributed by atoms with Gasteiger partial charge in [-0.1, -0.05) is 11.3 Å². The molecular weight excluding hydrogens is 236 g/mol. The summed E-state index contributed by atoms with van der Waals surface area (Å²) in [5.41, 5.74) is 0. The Morgan fingerprint density at radius 1 is 1.29 bits per heavy atom. The average molecular weight is 252 g/mol. The summed E-state index contributed by atoms with van der Waals surface area (Å²) in [6, 6.07) is 0. The van der Waals surface area contributed by atoms with Crippen LogP contribution in [0.4, 0.5) is 5.13 Å². The first-order valence-electron chi connectivity index (χ1n) is 6.08. The molecule has 92 valence electrons. The highest BCUT2D eigenvalue weighted by atomic mass is 32.1. The Morgan fingerprint density at radius 3 is 2.59 bits per heavy atom. The number of aromatic nitrogens is 2. The van der Waals surface area contributed by atoms with Crippen LogP contribution in [0.5, 0.6) is 0 Å². The minimum absolute atomic E-state index is 0.178. The van der Waals surface area contributed by atoms with Crippen molar-refractivity contribution in [3.05, 3.63) is 5.01 Å². The van der Waals surface area contributed by atoms with Crippen LogP contribution in [0.25, 0.3) is 0 Å². The molecule has 2 fully saturated rings. The largest absolute Gasteiger partial charge is 0.345 e.